The topological polar surface area (TPSA) is 59.2 Å². The molecule has 1 aliphatic heterocycles. The van der Waals surface area contributed by atoms with Crippen LogP contribution in [-0.2, 0) is 11.2 Å². The van der Waals surface area contributed by atoms with E-state index < -0.39 is 0 Å². The molecule has 116 valence electrons. The summed E-state index contributed by atoms with van der Waals surface area (Å²) in [6.45, 7) is 4.00. The number of rotatable bonds is 6. The van der Waals surface area contributed by atoms with Crippen LogP contribution in [0.25, 0.3) is 0 Å². The van der Waals surface area contributed by atoms with Crippen molar-refractivity contribution < 1.29 is 4.79 Å². The minimum Gasteiger partial charge on any atom is -0.341 e. The summed E-state index contributed by atoms with van der Waals surface area (Å²) >= 11 is 0. The molecule has 0 radical (unpaired) electrons. The van der Waals surface area contributed by atoms with E-state index in [2.05, 4.69) is 11.9 Å². The van der Waals surface area contributed by atoms with Crippen LogP contribution in [0.2, 0.25) is 0 Å². The minimum absolute atomic E-state index is 0.139. The standard InChI is InChI=1S/C17H27N3O/c1-14-9-12-20(13-10-14)17(21)16(18)8-3-2-6-15-7-4-5-11-19-15/h4-5,7,11,14,16H,2-3,6,8-10,12-13,18H2,1H3. The number of aryl methyl sites for hydroxylation is 1. The SMILES string of the molecule is CC1CCN(C(=O)C(N)CCCCc2ccccn2)CC1. The Hall–Kier alpha value is -1.42. The molecule has 4 heteroatoms. The fourth-order valence-corrected chi connectivity index (χ4v) is 2.80. The monoisotopic (exact) mass is 289 g/mol. The molecule has 1 unspecified atom stereocenters. The van der Waals surface area contributed by atoms with E-state index in [0.717, 1.165) is 63.2 Å². The number of pyridine rings is 1. The van der Waals surface area contributed by atoms with E-state index in [-0.39, 0.29) is 11.9 Å². The Morgan fingerprint density at radius 2 is 2.14 bits per heavy atom. The fraction of sp³-hybridized carbons (Fsp3) is 0.647. The summed E-state index contributed by atoms with van der Waals surface area (Å²) in [4.78, 5) is 18.5. The highest BCUT2D eigenvalue weighted by atomic mass is 16.2. The maximum atomic E-state index is 12.3. The van der Waals surface area contributed by atoms with Crippen LogP contribution in [0.15, 0.2) is 24.4 Å². The largest absolute Gasteiger partial charge is 0.341 e. The summed E-state index contributed by atoms with van der Waals surface area (Å²) in [5.41, 5.74) is 7.17. The van der Waals surface area contributed by atoms with Gasteiger partial charge in [-0.3, -0.25) is 9.78 Å². The quantitative estimate of drug-likeness (QED) is 0.818. The molecule has 21 heavy (non-hydrogen) atoms. The van der Waals surface area contributed by atoms with Crippen molar-refractivity contribution in [1.82, 2.24) is 9.88 Å². The number of nitrogens with zero attached hydrogens (tertiary/aromatic N) is 2. The van der Waals surface area contributed by atoms with Crippen molar-refractivity contribution in [3.63, 3.8) is 0 Å². The number of hydrogen-bond acceptors (Lipinski definition) is 3. The minimum atomic E-state index is -0.331. The van der Waals surface area contributed by atoms with Gasteiger partial charge < -0.3 is 10.6 Å². The third kappa shape index (κ3) is 5.12. The van der Waals surface area contributed by atoms with Crippen molar-refractivity contribution in [3.05, 3.63) is 30.1 Å². The Morgan fingerprint density at radius 1 is 1.38 bits per heavy atom. The molecule has 2 N–H and O–H groups in total. The van der Waals surface area contributed by atoms with Gasteiger partial charge in [0.25, 0.3) is 0 Å². The highest BCUT2D eigenvalue weighted by molar-refractivity contribution is 5.81. The number of piperidine rings is 1. The molecule has 1 saturated heterocycles. The van der Waals surface area contributed by atoms with E-state index in [0.29, 0.717) is 0 Å². The van der Waals surface area contributed by atoms with Crippen molar-refractivity contribution >= 4 is 5.91 Å². The first-order chi connectivity index (χ1) is 10.2. The average Bonchev–Trinajstić information content (AvgIpc) is 2.52. The second kappa shape index (κ2) is 8.13. The molecule has 1 aromatic heterocycles. The van der Waals surface area contributed by atoms with E-state index in [1.807, 2.05) is 29.3 Å². The number of aromatic nitrogens is 1. The molecule has 1 atom stereocenters. The number of carbonyl (C=O) groups is 1. The molecule has 0 aliphatic carbocycles. The Kier molecular flexibility index (Phi) is 6.18. The summed E-state index contributed by atoms with van der Waals surface area (Å²) in [5, 5.41) is 0. The molecular formula is C17H27N3O. The zero-order valence-corrected chi connectivity index (χ0v) is 13.0. The lowest BCUT2D eigenvalue weighted by atomic mass is 9.98. The van der Waals surface area contributed by atoms with Crippen molar-refractivity contribution in [2.24, 2.45) is 11.7 Å². The van der Waals surface area contributed by atoms with Crippen LogP contribution in [-0.4, -0.2) is 34.9 Å². The fourth-order valence-electron chi connectivity index (χ4n) is 2.80. The van der Waals surface area contributed by atoms with Crippen LogP contribution >= 0.6 is 0 Å². The Labute approximate surface area is 127 Å². The molecule has 0 bridgehead atoms. The molecule has 1 aromatic rings. The lowest BCUT2D eigenvalue weighted by Crippen LogP contribution is -2.46. The third-order valence-corrected chi connectivity index (χ3v) is 4.34. The molecule has 1 amide bonds. The number of hydrogen-bond donors (Lipinski definition) is 1. The van der Waals surface area contributed by atoms with E-state index in [1.54, 1.807) is 0 Å². The Morgan fingerprint density at radius 3 is 2.81 bits per heavy atom. The van der Waals surface area contributed by atoms with Gasteiger partial charge in [-0.25, -0.2) is 0 Å². The third-order valence-electron chi connectivity index (χ3n) is 4.34. The van der Waals surface area contributed by atoms with E-state index in [4.69, 9.17) is 5.73 Å². The number of unbranched alkanes of at least 4 members (excludes halogenated alkanes) is 1. The lowest BCUT2D eigenvalue weighted by molar-refractivity contribution is -0.134. The van der Waals surface area contributed by atoms with Crippen LogP contribution in [0.3, 0.4) is 0 Å². The molecule has 1 aliphatic rings. The summed E-state index contributed by atoms with van der Waals surface area (Å²) in [5.74, 6) is 0.878. The summed E-state index contributed by atoms with van der Waals surface area (Å²) in [7, 11) is 0. The van der Waals surface area contributed by atoms with Gasteiger partial charge in [0.05, 0.1) is 6.04 Å². The molecule has 0 aromatic carbocycles. The van der Waals surface area contributed by atoms with Crippen LogP contribution in [0.5, 0.6) is 0 Å². The van der Waals surface area contributed by atoms with Crippen molar-refractivity contribution in [3.8, 4) is 0 Å². The maximum absolute atomic E-state index is 12.3. The molecular weight excluding hydrogens is 262 g/mol. The Bertz CT molecular complexity index is 427. The smallest absolute Gasteiger partial charge is 0.239 e. The lowest BCUT2D eigenvalue weighted by Gasteiger charge is -2.32. The molecule has 2 heterocycles. The van der Waals surface area contributed by atoms with Gasteiger partial charge in [-0.05, 0) is 50.2 Å². The summed E-state index contributed by atoms with van der Waals surface area (Å²) < 4.78 is 0. The first-order valence-corrected chi connectivity index (χ1v) is 8.11. The predicted octanol–water partition coefficient (Wildman–Crippen LogP) is 2.38. The predicted molar refractivity (Wildman–Crippen MR) is 84.7 cm³/mol. The van der Waals surface area contributed by atoms with Crippen LogP contribution in [0.4, 0.5) is 0 Å². The van der Waals surface area contributed by atoms with E-state index >= 15 is 0 Å². The number of likely N-dealkylation sites (tertiary alicyclic amines) is 1. The highest BCUT2D eigenvalue weighted by Gasteiger charge is 2.24. The number of amides is 1. The second-order valence-corrected chi connectivity index (χ2v) is 6.18. The maximum Gasteiger partial charge on any atom is 0.239 e. The average molecular weight is 289 g/mol. The van der Waals surface area contributed by atoms with Crippen LogP contribution < -0.4 is 5.73 Å². The molecule has 0 spiro atoms. The summed E-state index contributed by atoms with van der Waals surface area (Å²) in [6, 6.07) is 5.65. The van der Waals surface area contributed by atoms with Gasteiger partial charge in [-0.2, -0.15) is 0 Å². The van der Waals surface area contributed by atoms with E-state index in [1.165, 1.54) is 0 Å². The van der Waals surface area contributed by atoms with Crippen molar-refractivity contribution in [1.29, 1.82) is 0 Å². The van der Waals surface area contributed by atoms with Gasteiger partial charge in [0.15, 0.2) is 0 Å². The van der Waals surface area contributed by atoms with Gasteiger partial charge in [-0.15, -0.1) is 0 Å². The van der Waals surface area contributed by atoms with Gasteiger partial charge in [-0.1, -0.05) is 19.4 Å². The van der Waals surface area contributed by atoms with Crippen LogP contribution in [0, 0.1) is 5.92 Å². The highest BCUT2D eigenvalue weighted by Crippen LogP contribution is 2.17. The zero-order valence-electron chi connectivity index (χ0n) is 13.0. The summed E-state index contributed by atoms with van der Waals surface area (Å²) in [6.07, 6.45) is 7.79. The molecule has 2 rings (SSSR count). The van der Waals surface area contributed by atoms with Gasteiger partial charge in [0.2, 0.25) is 5.91 Å². The number of nitrogens with two attached hydrogens (primary N) is 1. The molecule has 0 saturated carbocycles. The molecule has 1 fully saturated rings. The van der Waals surface area contributed by atoms with Gasteiger partial charge >= 0.3 is 0 Å². The van der Waals surface area contributed by atoms with Crippen molar-refractivity contribution in [2.75, 3.05) is 13.1 Å². The number of carbonyl (C=O) groups excluding carboxylic acids is 1. The molecule has 4 nitrogen and oxygen atoms in total. The second-order valence-electron chi connectivity index (χ2n) is 6.18. The normalized spacial score (nSPS) is 17.7. The van der Waals surface area contributed by atoms with Crippen molar-refractivity contribution in [2.45, 2.75) is 51.5 Å². The van der Waals surface area contributed by atoms with Crippen LogP contribution in [0.1, 0.15) is 44.7 Å². The van der Waals surface area contributed by atoms with Gasteiger partial charge in [0.1, 0.15) is 0 Å². The zero-order chi connectivity index (χ0) is 15.1. The van der Waals surface area contributed by atoms with E-state index in [9.17, 15) is 4.79 Å². The first kappa shape index (κ1) is 16.0. The first-order valence-electron chi connectivity index (χ1n) is 8.11. The van der Waals surface area contributed by atoms with Gasteiger partial charge in [0, 0.05) is 25.0 Å². The Balaban J connectivity index is 1.64.